The fourth-order valence-electron chi connectivity index (χ4n) is 8.21. The number of nitrogens with zero attached hydrogens (tertiary/aromatic N) is 4. The van der Waals surface area contributed by atoms with Gasteiger partial charge in [0.05, 0.1) is 24.2 Å². The van der Waals surface area contributed by atoms with Crippen LogP contribution >= 0.6 is 11.6 Å². The maximum Gasteiger partial charge on any atom is 0.227 e. The lowest BCUT2D eigenvalue weighted by Crippen LogP contribution is -3.00. The van der Waals surface area contributed by atoms with Crippen LogP contribution in [0.3, 0.4) is 0 Å². The van der Waals surface area contributed by atoms with Crippen molar-refractivity contribution >= 4 is 22.5 Å². The lowest BCUT2D eigenvalue weighted by molar-refractivity contribution is -0.984. The summed E-state index contributed by atoms with van der Waals surface area (Å²) in [7, 11) is 0. The maximum absolute atomic E-state index is 7.46. The Morgan fingerprint density at radius 2 is 1.51 bits per heavy atom. The molecular weight excluding hydrogens is 692 g/mol. The van der Waals surface area contributed by atoms with Crippen molar-refractivity contribution in [1.29, 1.82) is 0 Å². The highest BCUT2D eigenvalue weighted by Crippen LogP contribution is 2.50. The van der Waals surface area contributed by atoms with E-state index in [0.717, 1.165) is 58.1 Å². The number of halogens is 2. The highest BCUT2D eigenvalue weighted by Gasteiger charge is 2.55. The first-order valence-corrected chi connectivity index (χ1v) is 17.2. The van der Waals surface area contributed by atoms with E-state index >= 15 is 0 Å². The zero-order valence-electron chi connectivity index (χ0n) is 27.2. The molecule has 1 unspecified atom stereocenters. The van der Waals surface area contributed by atoms with E-state index in [-0.39, 0.29) is 29.1 Å². The Morgan fingerprint density at radius 3 is 2.24 bits per heavy atom. The molecule has 3 aliphatic heterocycles. The lowest BCUT2D eigenvalue weighted by Gasteiger charge is -2.58. The van der Waals surface area contributed by atoms with Gasteiger partial charge in [-0.25, -0.2) is 4.98 Å². The number of para-hydroxylation sites is 1. The third kappa shape index (κ3) is 6.41. The predicted octanol–water partition coefficient (Wildman–Crippen LogP) is 6.75. The molecule has 49 heavy (non-hydrogen) atoms. The standard InChI is InChI=1S/C42H38ClN4O.BrH/c1-2-30-28-47(27-29-14-6-3-7-15-29)25-23-33(30)26-37(47)39(35-22-24-44-36-21-13-12-20-34(35)36)48-42-38(31-16-8-4-9-17-31)40(43)45-41(46-42)32-18-10-5-11-19-32;/h2-22,24,30,33,37,39H,1,23,25-28H2;1H/q+1;/p-1/t30-,33-,37+,39-,47?;/m0./s1. The predicted molar refractivity (Wildman–Crippen MR) is 193 cm³/mol. The molecule has 0 aliphatic carbocycles. The number of pyridine rings is 1. The lowest BCUT2D eigenvalue weighted by atomic mass is 9.71. The summed E-state index contributed by atoms with van der Waals surface area (Å²) in [5.41, 5.74) is 5.92. The van der Waals surface area contributed by atoms with Crippen molar-refractivity contribution in [2.75, 3.05) is 13.1 Å². The molecule has 0 spiro atoms. The smallest absolute Gasteiger partial charge is 0.227 e. The van der Waals surface area contributed by atoms with Gasteiger partial charge in [0.15, 0.2) is 11.9 Å². The quantitative estimate of drug-likeness (QED) is 0.0940. The van der Waals surface area contributed by atoms with E-state index in [4.69, 9.17) is 31.3 Å². The molecule has 2 bridgehead atoms. The fraction of sp³-hybridized carbons (Fsp3) is 0.214. The first-order chi connectivity index (χ1) is 23.6. The van der Waals surface area contributed by atoms with Crippen LogP contribution in [0.5, 0.6) is 5.88 Å². The van der Waals surface area contributed by atoms with Crippen molar-refractivity contribution in [3.8, 4) is 28.4 Å². The number of benzene rings is 4. The van der Waals surface area contributed by atoms with E-state index in [9.17, 15) is 0 Å². The molecule has 0 N–H and O–H groups in total. The molecule has 3 fully saturated rings. The summed E-state index contributed by atoms with van der Waals surface area (Å²) < 4.78 is 8.38. The van der Waals surface area contributed by atoms with Gasteiger partial charge in [-0.2, -0.15) is 4.98 Å². The van der Waals surface area contributed by atoms with E-state index in [2.05, 4.69) is 67.3 Å². The van der Waals surface area contributed by atoms with Gasteiger partial charge in [0, 0.05) is 47.0 Å². The molecule has 246 valence electrons. The minimum atomic E-state index is -0.327. The van der Waals surface area contributed by atoms with Gasteiger partial charge < -0.3 is 26.2 Å². The van der Waals surface area contributed by atoms with Crippen LogP contribution < -0.4 is 21.7 Å². The van der Waals surface area contributed by atoms with Crippen molar-refractivity contribution in [1.82, 2.24) is 15.0 Å². The molecule has 3 saturated heterocycles. The monoisotopic (exact) mass is 728 g/mol. The minimum absolute atomic E-state index is 0. The van der Waals surface area contributed by atoms with Crippen LogP contribution in [0.1, 0.15) is 30.1 Å². The molecule has 4 aromatic carbocycles. The van der Waals surface area contributed by atoms with Crippen LogP contribution in [0, 0.1) is 11.8 Å². The van der Waals surface area contributed by atoms with Crippen molar-refractivity contribution in [3.63, 3.8) is 0 Å². The van der Waals surface area contributed by atoms with Crippen molar-refractivity contribution in [2.45, 2.75) is 31.5 Å². The maximum atomic E-state index is 7.46. The Morgan fingerprint density at radius 1 is 0.837 bits per heavy atom. The fourth-order valence-corrected chi connectivity index (χ4v) is 8.48. The summed E-state index contributed by atoms with van der Waals surface area (Å²) in [5.74, 6) is 2.04. The molecule has 5 heterocycles. The molecule has 5 atom stereocenters. The molecule has 0 radical (unpaired) electrons. The molecule has 5 nitrogen and oxygen atoms in total. The van der Waals surface area contributed by atoms with Crippen LogP contribution in [0.2, 0.25) is 5.15 Å². The van der Waals surface area contributed by atoms with Crippen LogP contribution in [-0.2, 0) is 6.54 Å². The SMILES string of the molecule is C=C[C@H]1C[N+]2(Cc3ccccc3)CC[C@H]1C[C@@H]2[C@@H](Oc1nc(-c2ccccc2)nc(Cl)c1-c1ccccc1)c1ccnc2ccccc12.[Br-]. The normalized spacial score (nSPS) is 21.9. The Labute approximate surface area is 303 Å². The Bertz CT molecular complexity index is 2060. The number of rotatable bonds is 9. The van der Waals surface area contributed by atoms with Crippen molar-refractivity contribution < 1.29 is 26.2 Å². The van der Waals surface area contributed by atoms with Crippen LogP contribution in [-0.4, -0.2) is 38.6 Å². The summed E-state index contributed by atoms with van der Waals surface area (Å²) in [6.45, 7) is 7.33. The first-order valence-electron chi connectivity index (χ1n) is 16.8. The number of aromatic nitrogens is 3. The average Bonchev–Trinajstić information content (AvgIpc) is 3.14. The Hall–Kier alpha value is -4.36. The van der Waals surface area contributed by atoms with Gasteiger partial charge in [0.2, 0.25) is 5.88 Å². The first kappa shape index (κ1) is 33.2. The zero-order valence-corrected chi connectivity index (χ0v) is 29.5. The number of hydrogen-bond acceptors (Lipinski definition) is 4. The third-order valence-corrected chi connectivity index (χ3v) is 10.8. The molecular formula is C42H38BrClN4O. The van der Waals surface area contributed by atoms with E-state index in [1.54, 1.807) is 0 Å². The highest BCUT2D eigenvalue weighted by atomic mass is 79.9. The number of piperidine rings is 3. The summed E-state index contributed by atoms with van der Waals surface area (Å²) in [6, 6.07) is 41.7. The number of fused-ring (bicyclic) bond motifs is 4. The van der Waals surface area contributed by atoms with Gasteiger partial charge in [0.25, 0.3) is 0 Å². The van der Waals surface area contributed by atoms with E-state index < -0.39 is 0 Å². The minimum Gasteiger partial charge on any atom is -1.00 e. The second kappa shape index (κ2) is 14.2. The molecule has 0 amide bonds. The number of ether oxygens (including phenoxy) is 1. The zero-order chi connectivity index (χ0) is 32.5. The van der Waals surface area contributed by atoms with Gasteiger partial charge >= 0.3 is 0 Å². The van der Waals surface area contributed by atoms with Gasteiger partial charge in [0.1, 0.15) is 17.7 Å². The second-order valence-electron chi connectivity index (χ2n) is 13.2. The summed E-state index contributed by atoms with van der Waals surface area (Å²) in [5, 5.41) is 1.46. The summed E-state index contributed by atoms with van der Waals surface area (Å²) in [4.78, 5) is 14.7. The molecule has 2 aromatic heterocycles. The summed E-state index contributed by atoms with van der Waals surface area (Å²) >= 11 is 7.11. The van der Waals surface area contributed by atoms with Crippen LogP contribution in [0.25, 0.3) is 33.4 Å². The van der Waals surface area contributed by atoms with Gasteiger partial charge in [-0.3, -0.25) is 4.98 Å². The summed E-state index contributed by atoms with van der Waals surface area (Å²) in [6.07, 6.45) is 5.98. The Kier molecular flexibility index (Phi) is 9.64. The molecule has 9 rings (SSSR count). The van der Waals surface area contributed by atoms with Gasteiger partial charge in [-0.15, -0.1) is 6.58 Å². The molecule has 6 aromatic rings. The largest absolute Gasteiger partial charge is 1.00 e. The van der Waals surface area contributed by atoms with Crippen LogP contribution in [0.4, 0.5) is 0 Å². The van der Waals surface area contributed by atoms with Gasteiger partial charge in [-0.1, -0.05) is 127 Å². The van der Waals surface area contributed by atoms with Crippen molar-refractivity contribution in [3.05, 3.63) is 156 Å². The highest BCUT2D eigenvalue weighted by molar-refractivity contribution is 6.32. The molecule has 3 aliphatic rings. The number of hydrogen-bond donors (Lipinski definition) is 0. The molecule has 0 saturated carbocycles. The third-order valence-electron chi connectivity index (χ3n) is 10.5. The van der Waals surface area contributed by atoms with E-state index in [1.807, 2.05) is 72.9 Å². The van der Waals surface area contributed by atoms with Crippen LogP contribution in [0.15, 0.2) is 140 Å². The topological polar surface area (TPSA) is 47.9 Å². The van der Waals surface area contributed by atoms with Gasteiger partial charge in [-0.05, 0) is 23.6 Å². The number of quaternary nitrogens is 1. The van der Waals surface area contributed by atoms with E-state index in [1.165, 1.54) is 12.0 Å². The second-order valence-corrected chi connectivity index (χ2v) is 13.6. The average molecular weight is 730 g/mol. The molecule has 7 heteroatoms. The van der Waals surface area contributed by atoms with E-state index in [0.29, 0.717) is 34.3 Å². The van der Waals surface area contributed by atoms with Crippen molar-refractivity contribution in [2.24, 2.45) is 11.8 Å². The Balaban J connectivity index is 0.00000378.